The van der Waals surface area contributed by atoms with Crippen molar-refractivity contribution in [2.75, 3.05) is 19.6 Å². The van der Waals surface area contributed by atoms with Crippen LogP contribution in [0.3, 0.4) is 0 Å². The van der Waals surface area contributed by atoms with E-state index in [-0.39, 0.29) is 43.8 Å². The summed E-state index contributed by atoms with van der Waals surface area (Å²) in [6.07, 6.45) is 9.88. The number of nitrogens with one attached hydrogen (secondary N) is 3. The average molecular weight is 1050 g/mol. The van der Waals surface area contributed by atoms with Gasteiger partial charge in [0.05, 0.1) is 12.7 Å². The largest absolute Gasteiger partial charge is 0.487 e. The number of hydrogen-bond acceptors (Lipinski definition) is 16. The molecule has 21 nitrogen and oxygen atoms in total. The van der Waals surface area contributed by atoms with Crippen LogP contribution in [0.4, 0.5) is 4.79 Å². The molecule has 5 N–H and O–H groups in total. The van der Waals surface area contributed by atoms with E-state index in [9.17, 15) is 28.8 Å². The molecule has 1 aromatic carbocycles. The number of hydrogen-bond donors (Lipinski definition) is 4. The molecule has 0 saturated heterocycles. The van der Waals surface area contributed by atoms with Gasteiger partial charge in [-0.1, -0.05) is 23.8 Å². The topological polar surface area (TPSA) is 262 Å². The first-order valence-electron chi connectivity index (χ1n) is 26.3. The van der Waals surface area contributed by atoms with E-state index in [0.717, 1.165) is 36.3 Å². The van der Waals surface area contributed by atoms with Crippen molar-refractivity contribution in [1.29, 1.82) is 0 Å². The molecule has 1 aliphatic carbocycles. The number of aromatic nitrogens is 5. The van der Waals surface area contributed by atoms with Gasteiger partial charge in [-0.3, -0.25) is 24.0 Å². The lowest BCUT2D eigenvalue weighted by Gasteiger charge is -2.27. The summed E-state index contributed by atoms with van der Waals surface area (Å²) in [5, 5.41) is 16.7. The second-order valence-electron chi connectivity index (χ2n) is 23.3. The van der Waals surface area contributed by atoms with Crippen LogP contribution >= 0.6 is 0 Å². The number of rotatable bonds is 29. The summed E-state index contributed by atoms with van der Waals surface area (Å²) >= 11 is 0. The number of aryl methyl sites for hydroxylation is 1. The molecule has 2 heterocycles. The molecule has 0 radical (unpaired) electrons. The molecule has 3 atom stereocenters. The number of benzene rings is 1. The normalized spacial score (nSPS) is 16.2. The van der Waals surface area contributed by atoms with Crippen molar-refractivity contribution in [3.63, 3.8) is 0 Å². The molecule has 1 aliphatic rings. The molecule has 21 heteroatoms. The van der Waals surface area contributed by atoms with Crippen molar-refractivity contribution in [2.45, 2.75) is 214 Å². The highest BCUT2D eigenvalue weighted by atomic mass is 16.6. The summed E-state index contributed by atoms with van der Waals surface area (Å²) in [6.45, 7) is 24.8. The Kier molecular flexibility index (Phi) is 22.6. The zero-order valence-corrected chi connectivity index (χ0v) is 46.7. The van der Waals surface area contributed by atoms with Crippen LogP contribution in [0.15, 0.2) is 42.9 Å². The first kappa shape index (κ1) is 61.5. The first-order valence-corrected chi connectivity index (χ1v) is 26.3. The molecule has 0 spiro atoms. The van der Waals surface area contributed by atoms with Gasteiger partial charge in [0.25, 0.3) is 0 Å². The van der Waals surface area contributed by atoms with E-state index in [1.165, 1.54) is 0 Å². The predicted molar refractivity (Wildman–Crippen MR) is 280 cm³/mol. The molecule has 0 bridgehead atoms. The number of ether oxygens (including phenoxy) is 5. The SMILES string of the molecule is CC(C)(C)OC(=O)CC[C@H](NC(=O)NC1(C(=O)OC(C)(C)C)CC1CCCNC(=O)CCCCCN(Cc1ccc(OCc2cn(CCCN)nn2)cc1)Cc1nccn1CC(=O)OC(C)(C)C)C(=O)OC(C)(C)C. The quantitative estimate of drug-likeness (QED) is 0.0331. The van der Waals surface area contributed by atoms with Gasteiger partial charge in [-0.15, -0.1) is 5.10 Å². The maximum Gasteiger partial charge on any atom is 0.332 e. The number of imidazole rings is 1. The van der Waals surface area contributed by atoms with E-state index in [4.69, 9.17) is 29.4 Å². The van der Waals surface area contributed by atoms with Crippen LogP contribution in [-0.4, -0.2) is 119 Å². The zero-order chi connectivity index (χ0) is 55.6. The Morgan fingerprint density at radius 3 is 2.12 bits per heavy atom. The fraction of sp³-hybridized carbons (Fsp3) is 0.685. The molecular weight excluding hydrogens is 965 g/mol. The summed E-state index contributed by atoms with van der Waals surface area (Å²) in [5.41, 5.74) is 3.02. The third kappa shape index (κ3) is 23.6. The Labute approximate surface area is 443 Å². The Hall–Kier alpha value is -6.09. The van der Waals surface area contributed by atoms with Crippen molar-refractivity contribution >= 4 is 35.8 Å². The number of amides is 3. The molecule has 75 heavy (non-hydrogen) atoms. The molecule has 418 valence electrons. The smallest absolute Gasteiger partial charge is 0.332 e. The molecule has 1 fully saturated rings. The average Bonchev–Trinajstić information content (AvgIpc) is 3.52. The third-order valence-corrected chi connectivity index (χ3v) is 11.5. The van der Waals surface area contributed by atoms with Gasteiger partial charge >= 0.3 is 29.9 Å². The predicted octanol–water partition coefficient (Wildman–Crippen LogP) is 6.43. The molecule has 3 aromatic rings. The Morgan fingerprint density at radius 1 is 0.800 bits per heavy atom. The van der Waals surface area contributed by atoms with E-state index in [2.05, 4.69) is 36.1 Å². The van der Waals surface area contributed by atoms with Crippen molar-refractivity contribution in [3.05, 3.63) is 59.9 Å². The minimum atomic E-state index is -1.34. The summed E-state index contributed by atoms with van der Waals surface area (Å²) in [6, 6.07) is 5.92. The van der Waals surface area contributed by atoms with Crippen LogP contribution in [0, 0.1) is 5.92 Å². The molecule has 4 rings (SSSR count). The maximum absolute atomic E-state index is 13.6. The standard InChI is InChI=1S/C54H86N10O11/c1-50(2,3)72-45(66)25-24-42(47(68)74-52(7,8)9)58-49(70)59-54(48(69)75-53(10,11)12)32-39(54)18-16-27-57-44(65)19-14-13-15-29-62(35-43-56-28-31-63(43)36-46(67)73-51(4,5)6)33-38-20-22-41(23-21-38)71-37-40-34-64(61-60-40)30-17-26-55/h20-23,28,31,34,39,42H,13-19,24-27,29-30,32-33,35-37,55H2,1-12H3,(H,57,65)(H2,58,59,70)/t39?,42-,54?/m0/s1. The van der Waals surface area contributed by atoms with Crippen LogP contribution in [-0.2, 0) is 75.7 Å². The van der Waals surface area contributed by atoms with E-state index in [1.54, 1.807) is 79.4 Å². The van der Waals surface area contributed by atoms with E-state index >= 15 is 0 Å². The number of nitrogens with zero attached hydrogens (tertiary/aromatic N) is 6. The van der Waals surface area contributed by atoms with E-state index in [1.807, 2.05) is 55.8 Å². The monoisotopic (exact) mass is 1050 g/mol. The maximum atomic E-state index is 13.6. The Balaban J connectivity index is 1.28. The fourth-order valence-corrected chi connectivity index (χ4v) is 8.07. The molecule has 2 unspecified atom stereocenters. The number of urea groups is 1. The van der Waals surface area contributed by atoms with Crippen LogP contribution in [0.2, 0.25) is 0 Å². The molecule has 3 amide bonds. The molecule has 0 aliphatic heterocycles. The number of esters is 4. The van der Waals surface area contributed by atoms with Gasteiger partial charge < -0.3 is 49.9 Å². The Bertz CT molecular complexity index is 2320. The second-order valence-corrected chi connectivity index (χ2v) is 23.3. The van der Waals surface area contributed by atoms with Crippen molar-refractivity contribution < 1.29 is 52.5 Å². The Morgan fingerprint density at radius 2 is 1.47 bits per heavy atom. The van der Waals surface area contributed by atoms with Gasteiger partial charge in [-0.2, -0.15) is 0 Å². The summed E-state index contributed by atoms with van der Waals surface area (Å²) in [4.78, 5) is 85.5. The van der Waals surface area contributed by atoms with E-state index in [0.29, 0.717) is 77.1 Å². The van der Waals surface area contributed by atoms with Crippen LogP contribution in [0.25, 0.3) is 0 Å². The highest BCUT2D eigenvalue weighted by Crippen LogP contribution is 2.48. The fourth-order valence-electron chi connectivity index (χ4n) is 8.07. The number of nitrogens with two attached hydrogens (primary N) is 1. The molecule has 2 aromatic heterocycles. The van der Waals surface area contributed by atoms with Crippen LogP contribution in [0.1, 0.15) is 164 Å². The zero-order valence-electron chi connectivity index (χ0n) is 46.7. The minimum absolute atomic E-state index is 0.0410. The molecule has 1 saturated carbocycles. The number of unbranched alkanes of at least 4 members (excludes halogenated alkanes) is 2. The lowest BCUT2D eigenvalue weighted by atomic mass is 10.1. The van der Waals surface area contributed by atoms with Crippen molar-refractivity contribution in [3.8, 4) is 5.75 Å². The number of carbonyl (C=O) groups is 6. The van der Waals surface area contributed by atoms with Gasteiger partial charge in [-0.25, -0.2) is 19.4 Å². The van der Waals surface area contributed by atoms with Gasteiger partial charge in [0, 0.05) is 44.9 Å². The highest BCUT2D eigenvalue weighted by Gasteiger charge is 2.62. The van der Waals surface area contributed by atoms with Gasteiger partial charge in [0.1, 0.15) is 64.4 Å². The highest BCUT2D eigenvalue weighted by molar-refractivity contribution is 5.92. The van der Waals surface area contributed by atoms with Crippen LogP contribution < -0.4 is 26.4 Å². The molecular formula is C54H86N10O11. The van der Waals surface area contributed by atoms with Gasteiger partial charge in [0.15, 0.2) is 0 Å². The first-order chi connectivity index (χ1) is 35.0. The summed E-state index contributed by atoms with van der Waals surface area (Å²) < 4.78 is 31.8. The van der Waals surface area contributed by atoms with Crippen molar-refractivity contribution in [1.82, 2.24) is 45.4 Å². The number of carbonyl (C=O) groups excluding carboxylic acids is 6. The van der Waals surface area contributed by atoms with Gasteiger partial charge in [0.2, 0.25) is 5.91 Å². The summed E-state index contributed by atoms with van der Waals surface area (Å²) in [7, 11) is 0. The van der Waals surface area contributed by atoms with Crippen molar-refractivity contribution in [2.24, 2.45) is 11.7 Å². The summed E-state index contributed by atoms with van der Waals surface area (Å²) in [5.74, 6) is -1.14. The lowest BCUT2D eigenvalue weighted by molar-refractivity contribution is -0.159. The third-order valence-electron chi connectivity index (χ3n) is 11.5. The lowest BCUT2D eigenvalue weighted by Crippen LogP contribution is -2.55. The second kappa shape index (κ2) is 27.6. The van der Waals surface area contributed by atoms with E-state index < -0.39 is 57.9 Å². The van der Waals surface area contributed by atoms with Crippen LogP contribution in [0.5, 0.6) is 5.75 Å². The van der Waals surface area contributed by atoms with Gasteiger partial charge in [-0.05, 0) is 165 Å². The minimum Gasteiger partial charge on any atom is -0.487 e.